The van der Waals surface area contributed by atoms with Crippen molar-refractivity contribution in [3.8, 4) is 0 Å². The molecule has 94 valence electrons. The molecule has 0 aromatic rings. The molecule has 1 N–H and O–H groups in total. The summed E-state index contributed by atoms with van der Waals surface area (Å²) < 4.78 is 4.84. The van der Waals surface area contributed by atoms with E-state index in [-0.39, 0.29) is 5.97 Å². The first-order valence-electron chi connectivity index (χ1n) is 6.01. The van der Waals surface area contributed by atoms with Crippen molar-refractivity contribution in [2.45, 2.75) is 32.2 Å². The Bertz CT molecular complexity index is 237. The molecule has 1 saturated heterocycles. The molecule has 0 aromatic carbocycles. The van der Waals surface area contributed by atoms with E-state index < -0.39 is 5.54 Å². The molecule has 1 atom stereocenters. The number of hydrogen-bond donors (Lipinski definition) is 1. The summed E-state index contributed by atoms with van der Waals surface area (Å²) in [6.07, 6.45) is 2.45. The zero-order chi connectivity index (χ0) is 12.2. The minimum absolute atomic E-state index is 0.186. The molecule has 16 heavy (non-hydrogen) atoms. The normalized spacial score (nSPS) is 22.8. The third-order valence-electron chi connectivity index (χ3n) is 3.60. The second-order valence-electron chi connectivity index (χ2n) is 5.03. The van der Waals surface area contributed by atoms with Crippen molar-refractivity contribution in [3.05, 3.63) is 0 Å². The van der Waals surface area contributed by atoms with Crippen LogP contribution in [0.25, 0.3) is 0 Å². The molecule has 0 aliphatic carbocycles. The standard InChI is InChI=1S/C12H24N2O2/c1-10-5-7-14(8-6-10)9-12(2,13-3)11(15)16-4/h10,13H,5-9H2,1-4H3. The lowest BCUT2D eigenvalue weighted by molar-refractivity contribution is -0.148. The first kappa shape index (κ1) is 13.5. The number of methoxy groups -OCH3 is 1. The van der Waals surface area contributed by atoms with Crippen LogP contribution in [-0.2, 0) is 9.53 Å². The number of likely N-dealkylation sites (N-methyl/N-ethyl adjacent to an activating group) is 1. The molecule has 1 aliphatic heterocycles. The van der Waals surface area contributed by atoms with Crippen LogP contribution in [0.1, 0.15) is 26.7 Å². The summed E-state index contributed by atoms with van der Waals surface area (Å²) in [5, 5.41) is 3.07. The minimum atomic E-state index is -0.588. The number of rotatable bonds is 4. The third kappa shape index (κ3) is 3.19. The molecule has 1 heterocycles. The fraction of sp³-hybridized carbons (Fsp3) is 0.917. The smallest absolute Gasteiger partial charge is 0.327 e. The lowest BCUT2D eigenvalue weighted by Gasteiger charge is -2.36. The molecule has 0 radical (unpaired) electrons. The predicted octanol–water partition coefficient (Wildman–Crippen LogP) is 0.869. The quantitative estimate of drug-likeness (QED) is 0.725. The molecule has 1 fully saturated rings. The van der Waals surface area contributed by atoms with E-state index in [0.29, 0.717) is 0 Å². The number of hydrogen-bond acceptors (Lipinski definition) is 4. The van der Waals surface area contributed by atoms with Gasteiger partial charge in [-0.15, -0.1) is 0 Å². The first-order chi connectivity index (χ1) is 7.51. The van der Waals surface area contributed by atoms with Crippen molar-refractivity contribution >= 4 is 5.97 Å². The zero-order valence-electron chi connectivity index (χ0n) is 10.9. The van der Waals surface area contributed by atoms with Crippen molar-refractivity contribution in [2.24, 2.45) is 5.92 Å². The van der Waals surface area contributed by atoms with Gasteiger partial charge in [0.1, 0.15) is 5.54 Å². The highest BCUT2D eigenvalue weighted by Crippen LogP contribution is 2.18. The van der Waals surface area contributed by atoms with E-state index in [9.17, 15) is 4.79 Å². The highest BCUT2D eigenvalue weighted by atomic mass is 16.5. The Morgan fingerprint density at radius 2 is 2.06 bits per heavy atom. The first-order valence-corrected chi connectivity index (χ1v) is 6.01. The molecule has 4 heteroatoms. The summed E-state index contributed by atoms with van der Waals surface area (Å²) in [6, 6.07) is 0. The second-order valence-corrected chi connectivity index (χ2v) is 5.03. The minimum Gasteiger partial charge on any atom is -0.468 e. The number of nitrogens with one attached hydrogen (secondary N) is 1. The Labute approximate surface area is 98.3 Å². The van der Waals surface area contributed by atoms with Gasteiger partial charge in [-0.2, -0.15) is 0 Å². The van der Waals surface area contributed by atoms with Crippen molar-refractivity contribution in [1.29, 1.82) is 0 Å². The van der Waals surface area contributed by atoms with Crippen LogP contribution in [0.2, 0.25) is 0 Å². The van der Waals surface area contributed by atoms with Gasteiger partial charge in [0.15, 0.2) is 0 Å². The van der Waals surface area contributed by atoms with Gasteiger partial charge in [-0.05, 0) is 45.8 Å². The molecule has 1 aliphatic rings. The Kier molecular flexibility index (Phi) is 4.74. The summed E-state index contributed by atoms with van der Waals surface area (Å²) in [5.41, 5.74) is -0.588. The highest BCUT2D eigenvalue weighted by molar-refractivity contribution is 5.80. The average molecular weight is 228 g/mol. The maximum Gasteiger partial charge on any atom is 0.327 e. The van der Waals surface area contributed by atoms with Crippen molar-refractivity contribution in [2.75, 3.05) is 33.8 Å². The number of nitrogens with zero attached hydrogens (tertiary/aromatic N) is 1. The molecule has 0 saturated carbocycles. The van der Waals surface area contributed by atoms with Crippen LogP contribution in [0, 0.1) is 5.92 Å². The van der Waals surface area contributed by atoms with Crippen LogP contribution < -0.4 is 5.32 Å². The molecule has 0 amide bonds. The monoisotopic (exact) mass is 228 g/mol. The Morgan fingerprint density at radius 3 is 2.50 bits per heavy atom. The number of ether oxygens (including phenoxy) is 1. The van der Waals surface area contributed by atoms with E-state index in [0.717, 1.165) is 25.6 Å². The average Bonchev–Trinajstić information content (AvgIpc) is 2.31. The number of carbonyl (C=O) groups is 1. The van der Waals surface area contributed by atoms with E-state index in [4.69, 9.17) is 4.74 Å². The van der Waals surface area contributed by atoms with E-state index in [1.165, 1.54) is 20.0 Å². The lowest BCUT2D eigenvalue weighted by atomic mass is 9.96. The topological polar surface area (TPSA) is 41.6 Å². The van der Waals surface area contributed by atoms with Crippen LogP contribution in [0.4, 0.5) is 0 Å². The van der Waals surface area contributed by atoms with Crippen LogP contribution in [0.15, 0.2) is 0 Å². The van der Waals surface area contributed by atoms with Crippen LogP contribution in [0.5, 0.6) is 0 Å². The SMILES string of the molecule is CNC(C)(CN1CCC(C)CC1)C(=O)OC. The predicted molar refractivity (Wildman–Crippen MR) is 64.3 cm³/mol. The fourth-order valence-corrected chi connectivity index (χ4v) is 2.14. The van der Waals surface area contributed by atoms with Gasteiger partial charge in [0, 0.05) is 6.54 Å². The van der Waals surface area contributed by atoms with Crippen LogP contribution in [-0.4, -0.2) is 50.2 Å². The molecule has 1 unspecified atom stereocenters. The molecule has 0 aromatic heterocycles. The van der Waals surface area contributed by atoms with Gasteiger partial charge >= 0.3 is 5.97 Å². The molecule has 0 spiro atoms. The maximum atomic E-state index is 11.7. The summed E-state index contributed by atoms with van der Waals surface area (Å²) in [7, 11) is 3.25. The third-order valence-corrected chi connectivity index (χ3v) is 3.60. The van der Waals surface area contributed by atoms with E-state index >= 15 is 0 Å². The number of piperidine rings is 1. The molecular weight excluding hydrogens is 204 g/mol. The molecule has 0 bridgehead atoms. The number of carbonyl (C=O) groups excluding carboxylic acids is 1. The van der Waals surface area contributed by atoms with Gasteiger partial charge < -0.3 is 15.0 Å². The van der Waals surface area contributed by atoms with Crippen molar-refractivity contribution in [1.82, 2.24) is 10.2 Å². The second kappa shape index (κ2) is 5.64. The van der Waals surface area contributed by atoms with Crippen molar-refractivity contribution < 1.29 is 9.53 Å². The number of likely N-dealkylation sites (tertiary alicyclic amines) is 1. The van der Waals surface area contributed by atoms with Gasteiger partial charge in [0.25, 0.3) is 0 Å². The van der Waals surface area contributed by atoms with E-state index in [1.807, 2.05) is 14.0 Å². The van der Waals surface area contributed by atoms with E-state index in [2.05, 4.69) is 17.1 Å². The summed E-state index contributed by atoms with van der Waals surface area (Å²) in [5.74, 6) is 0.629. The molecular formula is C12H24N2O2. The fourth-order valence-electron chi connectivity index (χ4n) is 2.14. The van der Waals surface area contributed by atoms with Gasteiger partial charge in [-0.1, -0.05) is 6.92 Å². The lowest BCUT2D eigenvalue weighted by Crippen LogP contribution is -2.57. The maximum absolute atomic E-state index is 11.7. The van der Waals surface area contributed by atoms with E-state index in [1.54, 1.807) is 0 Å². The Morgan fingerprint density at radius 1 is 1.50 bits per heavy atom. The molecule has 1 rings (SSSR count). The zero-order valence-corrected chi connectivity index (χ0v) is 10.9. The Balaban J connectivity index is 2.53. The van der Waals surface area contributed by atoms with Gasteiger partial charge in [0.2, 0.25) is 0 Å². The summed E-state index contributed by atoms with van der Waals surface area (Å²) in [6.45, 7) is 7.07. The van der Waals surface area contributed by atoms with Crippen molar-refractivity contribution in [3.63, 3.8) is 0 Å². The van der Waals surface area contributed by atoms with Gasteiger partial charge in [-0.3, -0.25) is 4.79 Å². The van der Waals surface area contributed by atoms with Gasteiger partial charge in [-0.25, -0.2) is 0 Å². The van der Waals surface area contributed by atoms with Gasteiger partial charge in [0.05, 0.1) is 7.11 Å². The summed E-state index contributed by atoms with van der Waals surface area (Å²) >= 11 is 0. The summed E-state index contributed by atoms with van der Waals surface area (Å²) in [4.78, 5) is 14.0. The van der Waals surface area contributed by atoms with Crippen LogP contribution >= 0.6 is 0 Å². The molecule has 4 nitrogen and oxygen atoms in total. The number of esters is 1. The largest absolute Gasteiger partial charge is 0.468 e. The van der Waals surface area contributed by atoms with Crippen LogP contribution in [0.3, 0.4) is 0 Å². The Hall–Kier alpha value is -0.610. The highest BCUT2D eigenvalue weighted by Gasteiger charge is 2.35.